The van der Waals surface area contributed by atoms with Gasteiger partial charge in [-0.1, -0.05) is 43.7 Å². The molecule has 1 aliphatic rings. The molecule has 0 saturated heterocycles. The zero-order valence-electron chi connectivity index (χ0n) is 20.9. The molecule has 3 rings (SSSR count). The van der Waals surface area contributed by atoms with Crippen molar-refractivity contribution in [1.29, 1.82) is 0 Å². The third kappa shape index (κ3) is 6.50. The lowest BCUT2D eigenvalue weighted by Gasteiger charge is -2.34. The number of aryl methyl sites for hydroxylation is 1. The number of aromatic nitrogens is 1. The third-order valence-electron chi connectivity index (χ3n) is 5.98. The van der Waals surface area contributed by atoms with E-state index in [2.05, 4.69) is 18.0 Å². The maximum absolute atomic E-state index is 12.6. The lowest BCUT2D eigenvalue weighted by atomic mass is 9.92. The fourth-order valence-electron chi connectivity index (χ4n) is 4.07. The van der Waals surface area contributed by atoms with Crippen LogP contribution in [0.5, 0.6) is 5.75 Å². The van der Waals surface area contributed by atoms with Crippen molar-refractivity contribution in [2.45, 2.75) is 59.4 Å². The number of aliphatic carboxylic acids is 1. The van der Waals surface area contributed by atoms with Crippen molar-refractivity contribution >= 4 is 17.4 Å². The number of hydrogen-bond acceptors (Lipinski definition) is 5. The van der Waals surface area contributed by atoms with Gasteiger partial charge in [0.1, 0.15) is 11.5 Å². The van der Waals surface area contributed by atoms with E-state index in [1.54, 1.807) is 24.3 Å². The number of rotatable bonds is 10. The summed E-state index contributed by atoms with van der Waals surface area (Å²) in [5.41, 5.74) is 3.37. The second-order valence-corrected chi connectivity index (χ2v) is 8.56. The Kier molecular flexibility index (Phi) is 9.06. The third-order valence-corrected chi connectivity index (χ3v) is 5.98. The number of carbonyl (C=O) groups is 2. The highest BCUT2D eigenvalue weighted by Gasteiger charge is 2.35. The number of allylic oxidation sites excluding steroid dienone is 5. The summed E-state index contributed by atoms with van der Waals surface area (Å²) < 4.78 is 11.8. The van der Waals surface area contributed by atoms with E-state index in [4.69, 9.17) is 9.15 Å². The monoisotopic (exact) mass is 478 g/mol. The van der Waals surface area contributed by atoms with E-state index in [0.717, 1.165) is 35.4 Å². The van der Waals surface area contributed by atoms with Crippen LogP contribution in [0.15, 0.2) is 53.0 Å². The maximum atomic E-state index is 12.6. The predicted molar refractivity (Wildman–Crippen MR) is 135 cm³/mol. The molecular formula is C28H34N2O5. The maximum Gasteiger partial charge on any atom is 0.331 e. The van der Waals surface area contributed by atoms with Crippen molar-refractivity contribution in [3.63, 3.8) is 0 Å². The van der Waals surface area contributed by atoms with Gasteiger partial charge < -0.3 is 19.2 Å². The van der Waals surface area contributed by atoms with Crippen LogP contribution in [0.4, 0.5) is 0 Å². The van der Waals surface area contributed by atoms with E-state index in [1.807, 2.05) is 32.9 Å². The summed E-state index contributed by atoms with van der Waals surface area (Å²) in [7, 11) is 0. The molecule has 1 N–H and O–H groups in total. The molecule has 0 saturated carbocycles. The SMILES string of the molecule is CC=CC=CC(=O)N1CCc2ccc(OCCc3nc(C(C)=CCCC)oc3C)cc2C1C(=O)O. The van der Waals surface area contributed by atoms with E-state index in [9.17, 15) is 14.7 Å². The quantitative estimate of drug-likeness (QED) is 0.361. The molecule has 0 bridgehead atoms. The molecule has 0 fully saturated rings. The molecule has 1 aliphatic heterocycles. The minimum absolute atomic E-state index is 0.326. The summed E-state index contributed by atoms with van der Waals surface area (Å²) in [5, 5.41) is 9.93. The number of benzene rings is 1. The van der Waals surface area contributed by atoms with Crippen LogP contribution >= 0.6 is 0 Å². The van der Waals surface area contributed by atoms with Gasteiger partial charge in [-0.05, 0) is 56.9 Å². The average molecular weight is 479 g/mol. The van der Waals surface area contributed by atoms with E-state index < -0.39 is 12.0 Å². The molecule has 7 heteroatoms. The molecular weight excluding hydrogens is 444 g/mol. The van der Waals surface area contributed by atoms with Gasteiger partial charge in [0.15, 0.2) is 6.04 Å². The topological polar surface area (TPSA) is 92.9 Å². The van der Waals surface area contributed by atoms with Crippen LogP contribution in [0.1, 0.15) is 68.1 Å². The average Bonchev–Trinajstić information content (AvgIpc) is 3.22. The number of carboxylic acid groups (broad SMARTS) is 1. The Morgan fingerprint density at radius 1 is 1.31 bits per heavy atom. The Balaban J connectivity index is 1.71. The van der Waals surface area contributed by atoms with Crippen LogP contribution in [-0.4, -0.2) is 40.0 Å². The number of hydrogen-bond donors (Lipinski definition) is 1. The largest absolute Gasteiger partial charge is 0.493 e. The van der Waals surface area contributed by atoms with Crippen molar-refractivity contribution in [2.75, 3.05) is 13.2 Å². The fourth-order valence-corrected chi connectivity index (χ4v) is 4.07. The molecule has 1 aromatic heterocycles. The molecule has 1 atom stereocenters. The van der Waals surface area contributed by atoms with Gasteiger partial charge in [-0.25, -0.2) is 9.78 Å². The Hall–Kier alpha value is -3.61. The molecule has 7 nitrogen and oxygen atoms in total. The van der Waals surface area contributed by atoms with Crippen molar-refractivity contribution in [1.82, 2.24) is 9.88 Å². The number of fused-ring (bicyclic) bond motifs is 1. The Bertz CT molecular complexity index is 1140. The van der Waals surface area contributed by atoms with Gasteiger partial charge in [-0.3, -0.25) is 4.79 Å². The van der Waals surface area contributed by atoms with Crippen molar-refractivity contribution in [2.24, 2.45) is 0 Å². The summed E-state index contributed by atoms with van der Waals surface area (Å²) in [6.07, 6.45) is 11.9. The van der Waals surface area contributed by atoms with Crippen molar-refractivity contribution < 1.29 is 23.8 Å². The zero-order chi connectivity index (χ0) is 25.4. The molecule has 2 heterocycles. The van der Waals surface area contributed by atoms with Crippen LogP contribution < -0.4 is 4.74 Å². The standard InChI is InChI=1S/C28H34N2O5/c1-5-7-9-11-25(31)30-16-14-21-12-13-22(18-23(21)26(30)28(32)33)34-17-15-24-20(4)35-27(29-24)19(3)10-8-6-2/h5,7,9-13,18,26H,6,8,14-17H2,1-4H3,(H,32,33). The second kappa shape index (κ2) is 12.2. The lowest BCUT2D eigenvalue weighted by Crippen LogP contribution is -2.42. The van der Waals surface area contributed by atoms with Crippen LogP contribution in [0, 0.1) is 6.92 Å². The number of carbonyl (C=O) groups excluding carboxylic acids is 1. The van der Waals surface area contributed by atoms with E-state index in [-0.39, 0.29) is 5.91 Å². The van der Waals surface area contributed by atoms with Gasteiger partial charge in [-0.2, -0.15) is 0 Å². The first-order valence-electron chi connectivity index (χ1n) is 12.1. The molecule has 1 aromatic carbocycles. The zero-order valence-corrected chi connectivity index (χ0v) is 20.9. The Morgan fingerprint density at radius 2 is 2.11 bits per heavy atom. The second-order valence-electron chi connectivity index (χ2n) is 8.56. The van der Waals surface area contributed by atoms with Crippen LogP contribution in [0.2, 0.25) is 0 Å². The fraction of sp³-hybridized carbons (Fsp3) is 0.393. The van der Waals surface area contributed by atoms with Gasteiger partial charge in [0.2, 0.25) is 11.8 Å². The molecule has 0 spiro atoms. The van der Waals surface area contributed by atoms with Crippen LogP contribution in [0.3, 0.4) is 0 Å². The minimum Gasteiger partial charge on any atom is -0.493 e. The van der Waals surface area contributed by atoms with E-state index >= 15 is 0 Å². The van der Waals surface area contributed by atoms with Gasteiger partial charge in [0, 0.05) is 24.6 Å². The Labute approximate surface area is 206 Å². The highest BCUT2D eigenvalue weighted by Crippen LogP contribution is 2.33. The summed E-state index contributed by atoms with van der Waals surface area (Å²) in [5.74, 6) is 0.581. The van der Waals surface area contributed by atoms with Gasteiger partial charge in [0.25, 0.3) is 0 Å². The minimum atomic E-state index is -1.06. The van der Waals surface area contributed by atoms with Gasteiger partial charge >= 0.3 is 5.97 Å². The number of nitrogens with zero attached hydrogens (tertiary/aromatic N) is 2. The lowest BCUT2D eigenvalue weighted by molar-refractivity contribution is -0.149. The number of amides is 1. The molecule has 0 radical (unpaired) electrons. The first-order valence-corrected chi connectivity index (χ1v) is 12.1. The molecule has 186 valence electrons. The molecule has 35 heavy (non-hydrogen) atoms. The Morgan fingerprint density at radius 3 is 2.83 bits per heavy atom. The highest BCUT2D eigenvalue weighted by molar-refractivity contribution is 5.92. The van der Waals surface area contributed by atoms with Gasteiger partial charge in [0.05, 0.1) is 12.3 Å². The van der Waals surface area contributed by atoms with E-state index in [0.29, 0.717) is 43.2 Å². The molecule has 0 aliphatic carbocycles. The van der Waals surface area contributed by atoms with Crippen LogP contribution in [-0.2, 0) is 22.4 Å². The normalized spacial score (nSPS) is 16.2. The van der Waals surface area contributed by atoms with Crippen molar-refractivity contribution in [3.05, 3.63) is 77.1 Å². The van der Waals surface area contributed by atoms with E-state index in [1.165, 1.54) is 11.0 Å². The predicted octanol–water partition coefficient (Wildman–Crippen LogP) is 5.45. The first kappa shape index (κ1) is 26.0. The molecule has 1 unspecified atom stereocenters. The first-order chi connectivity index (χ1) is 16.8. The number of unbranched alkanes of at least 4 members (excludes halogenated alkanes) is 1. The number of carboxylic acids is 1. The summed E-state index contributed by atoms with van der Waals surface area (Å²) in [6, 6.07) is 4.42. The highest BCUT2D eigenvalue weighted by atomic mass is 16.5. The smallest absolute Gasteiger partial charge is 0.331 e. The molecule has 1 amide bonds. The number of ether oxygens (including phenoxy) is 1. The van der Waals surface area contributed by atoms with Crippen LogP contribution in [0.25, 0.3) is 5.57 Å². The molecule has 2 aromatic rings. The number of oxazole rings is 1. The van der Waals surface area contributed by atoms with Crippen molar-refractivity contribution in [3.8, 4) is 5.75 Å². The summed E-state index contributed by atoms with van der Waals surface area (Å²) in [6.45, 7) is 8.59. The summed E-state index contributed by atoms with van der Waals surface area (Å²) >= 11 is 0. The van der Waals surface area contributed by atoms with Gasteiger partial charge in [-0.15, -0.1) is 0 Å². The summed E-state index contributed by atoms with van der Waals surface area (Å²) in [4.78, 5) is 30.8.